The number of benzene rings is 1. The highest BCUT2D eigenvalue weighted by molar-refractivity contribution is 9.10. The van der Waals surface area contributed by atoms with Gasteiger partial charge in [-0.25, -0.2) is 0 Å². The van der Waals surface area contributed by atoms with Gasteiger partial charge in [0.15, 0.2) is 11.5 Å². The summed E-state index contributed by atoms with van der Waals surface area (Å²) in [6.45, 7) is 0.697. The number of halogens is 1. The molecule has 1 aliphatic rings. The Hall–Kier alpha value is -0.780. The number of aliphatic hydroxyl groups excluding tert-OH is 1. The summed E-state index contributed by atoms with van der Waals surface area (Å²) < 4.78 is 11.6. The van der Waals surface area contributed by atoms with Crippen LogP contribution in [-0.4, -0.2) is 31.5 Å². The number of rotatable bonds is 5. The Morgan fingerprint density at radius 3 is 2.52 bits per heavy atom. The van der Waals surface area contributed by atoms with Gasteiger partial charge in [-0.3, -0.25) is 0 Å². The van der Waals surface area contributed by atoms with E-state index in [0.29, 0.717) is 12.3 Å². The predicted molar refractivity (Wildman–Crippen MR) is 87.0 cm³/mol. The van der Waals surface area contributed by atoms with Crippen LogP contribution in [0.3, 0.4) is 0 Å². The van der Waals surface area contributed by atoms with Gasteiger partial charge in [0.2, 0.25) is 0 Å². The summed E-state index contributed by atoms with van der Waals surface area (Å²) in [4.78, 5) is 0. The van der Waals surface area contributed by atoms with E-state index in [9.17, 15) is 5.11 Å². The predicted octanol–water partition coefficient (Wildman–Crippen LogP) is 3.25. The van der Waals surface area contributed by atoms with Crippen molar-refractivity contribution in [3.8, 4) is 11.5 Å². The second-order valence-electron chi connectivity index (χ2n) is 5.49. The summed E-state index contributed by atoms with van der Waals surface area (Å²) >= 11 is 3.57. The highest BCUT2D eigenvalue weighted by atomic mass is 79.9. The number of nitrogens with one attached hydrogen (secondary N) is 1. The number of hydrogen-bond acceptors (Lipinski definition) is 4. The topological polar surface area (TPSA) is 50.7 Å². The van der Waals surface area contributed by atoms with E-state index in [1.807, 2.05) is 12.1 Å². The van der Waals surface area contributed by atoms with Crippen LogP contribution >= 0.6 is 15.9 Å². The SMILES string of the molecule is COc1cc(Br)c(CNC2CCCCCC2O)cc1OC. The molecule has 1 aromatic rings. The number of aliphatic hydroxyl groups is 1. The molecule has 1 saturated carbocycles. The summed E-state index contributed by atoms with van der Waals surface area (Å²) in [5.74, 6) is 1.43. The van der Waals surface area contributed by atoms with Crippen molar-refractivity contribution in [2.45, 2.75) is 50.8 Å². The average Bonchev–Trinajstić information content (AvgIpc) is 2.70. The van der Waals surface area contributed by atoms with Gasteiger partial charge in [0, 0.05) is 17.1 Å². The van der Waals surface area contributed by atoms with E-state index in [4.69, 9.17) is 9.47 Å². The van der Waals surface area contributed by atoms with E-state index < -0.39 is 0 Å². The zero-order chi connectivity index (χ0) is 15.2. The average molecular weight is 358 g/mol. The monoisotopic (exact) mass is 357 g/mol. The van der Waals surface area contributed by atoms with E-state index in [0.717, 1.165) is 35.0 Å². The molecular formula is C16H24BrNO3. The molecule has 0 amide bonds. The van der Waals surface area contributed by atoms with Crippen LogP contribution in [0.2, 0.25) is 0 Å². The molecule has 0 spiro atoms. The minimum Gasteiger partial charge on any atom is -0.493 e. The Balaban J connectivity index is 2.05. The molecule has 2 rings (SSSR count). The van der Waals surface area contributed by atoms with Gasteiger partial charge < -0.3 is 19.9 Å². The molecule has 0 saturated heterocycles. The van der Waals surface area contributed by atoms with Crippen molar-refractivity contribution in [1.29, 1.82) is 0 Å². The first-order valence-electron chi connectivity index (χ1n) is 7.47. The van der Waals surface area contributed by atoms with Gasteiger partial charge in [-0.2, -0.15) is 0 Å². The van der Waals surface area contributed by atoms with Gasteiger partial charge in [0.05, 0.1) is 20.3 Å². The van der Waals surface area contributed by atoms with Crippen molar-refractivity contribution in [1.82, 2.24) is 5.32 Å². The zero-order valence-corrected chi connectivity index (χ0v) is 14.3. The standard InChI is InChI=1S/C16H24BrNO3/c1-20-15-8-11(12(17)9-16(15)21-2)10-18-13-6-4-3-5-7-14(13)19/h8-9,13-14,18-19H,3-7,10H2,1-2H3. The molecule has 1 aliphatic carbocycles. The van der Waals surface area contributed by atoms with Crippen molar-refractivity contribution >= 4 is 15.9 Å². The molecule has 0 bridgehead atoms. The van der Waals surface area contributed by atoms with Crippen LogP contribution in [0.15, 0.2) is 16.6 Å². The molecular weight excluding hydrogens is 334 g/mol. The van der Waals surface area contributed by atoms with E-state index in [-0.39, 0.29) is 12.1 Å². The first-order valence-corrected chi connectivity index (χ1v) is 8.27. The van der Waals surface area contributed by atoms with Crippen LogP contribution in [0.4, 0.5) is 0 Å². The van der Waals surface area contributed by atoms with Crippen molar-refractivity contribution < 1.29 is 14.6 Å². The van der Waals surface area contributed by atoms with Gasteiger partial charge in [-0.05, 0) is 30.5 Å². The quantitative estimate of drug-likeness (QED) is 0.794. The van der Waals surface area contributed by atoms with E-state index in [2.05, 4.69) is 21.2 Å². The fourth-order valence-electron chi connectivity index (χ4n) is 2.80. The van der Waals surface area contributed by atoms with Crippen molar-refractivity contribution in [3.63, 3.8) is 0 Å². The molecule has 1 fully saturated rings. The fraction of sp³-hybridized carbons (Fsp3) is 0.625. The molecule has 0 radical (unpaired) electrons. The molecule has 5 heteroatoms. The fourth-order valence-corrected chi connectivity index (χ4v) is 3.26. The van der Waals surface area contributed by atoms with Gasteiger partial charge >= 0.3 is 0 Å². The minimum absolute atomic E-state index is 0.174. The van der Waals surface area contributed by atoms with E-state index in [1.165, 1.54) is 12.8 Å². The Labute approximate surface area is 135 Å². The summed E-state index contributed by atoms with van der Waals surface area (Å²) in [7, 11) is 3.27. The molecule has 0 aliphatic heterocycles. The third kappa shape index (κ3) is 4.34. The summed E-state index contributed by atoms with van der Waals surface area (Å²) in [5, 5.41) is 13.6. The normalized spacial score (nSPS) is 22.7. The lowest BCUT2D eigenvalue weighted by Crippen LogP contribution is -2.38. The first-order chi connectivity index (χ1) is 10.2. The van der Waals surface area contributed by atoms with Crippen LogP contribution in [0.5, 0.6) is 11.5 Å². The third-order valence-corrected chi connectivity index (χ3v) is 4.82. The summed E-state index contributed by atoms with van der Waals surface area (Å²) in [6, 6.07) is 4.06. The molecule has 118 valence electrons. The minimum atomic E-state index is -0.244. The highest BCUT2D eigenvalue weighted by Gasteiger charge is 2.21. The Bertz CT molecular complexity index is 467. The van der Waals surface area contributed by atoms with Gasteiger partial charge in [0.1, 0.15) is 0 Å². The maximum atomic E-state index is 10.2. The lowest BCUT2D eigenvalue weighted by Gasteiger charge is -2.22. The first kappa shape index (κ1) is 16.6. The van der Waals surface area contributed by atoms with Crippen LogP contribution in [-0.2, 0) is 6.54 Å². The molecule has 0 aromatic heterocycles. The van der Waals surface area contributed by atoms with E-state index in [1.54, 1.807) is 14.2 Å². The van der Waals surface area contributed by atoms with Crippen LogP contribution in [0.1, 0.15) is 37.7 Å². The molecule has 4 nitrogen and oxygen atoms in total. The van der Waals surface area contributed by atoms with Gasteiger partial charge in [-0.15, -0.1) is 0 Å². The van der Waals surface area contributed by atoms with Gasteiger partial charge in [0.25, 0.3) is 0 Å². The molecule has 2 atom stereocenters. The Kier molecular flexibility index (Phi) is 6.33. The molecule has 2 N–H and O–H groups in total. The number of hydrogen-bond donors (Lipinski definition) is 2. The largest absolute Gasteiger partial charge is 0.493 e. The second-order valence-corrected chi connectivity index (χ2v) is 6.35. The van der Waals surface area contributed by atoms with Crippen LogP contribution < -0.4 is 14.8 Å². The smallest absolute Gasteiger partial charge is 0.161 e. The molecule has 0 heterocycles. The third-order valence-electron chi connectivity index (χ3n) is 4.09. The van der Waals surface area contributed by atoms with Crippen LogP contribution in [0, 0.1) is 0 Å². The Morgan fingerprint density at radius 1 is 1.14 bits per heavy atom. The molecule has 2 unspecified atom stereocenters. The van der Waals surface area contributed by atoms with Crippen LogP contribution in [0.25, 0.3) is 0 Å². The van der Waals surface area contributed by atoms with Crippen molar-refractivity contribution in [3.05, 3.63) is 22.2 Å². The maximum absolute atomic E-state index is 10.2. The lowest BCUT2D eigenvalue weighted by atomic mass is 10.1. The number of ether oxygens (including phenoxy) is 2. The Morgan fingerprint density at radius 2 is 1.81 bits per heavy atom. The molecule has 1 aromatic carbocycles. The molecule has 21 heavy (non-hydrogen) atoms. The van der Waals surface area contributed by atoms with Crippen molar-refractivity contribution in [2.75, 3.05) is 14.2 Å². The van der Waals surface area contributed by atoms with Gasteiger partial charge in [-0.1, -0.05) is 35.2 Å². The lowest BCUT2D eigenvalue weighted by molar-refractivity contribution is 0.119. The summed E-state index contributed by atoms with van der Waals surface area (Å²) in [6.07, 6.45) is 5.21. The van der Waals surface area contributed by atoms with Crippen molar-refractivity contribution in [2.24, 2.45) is 0 Å². The second kappa shape index (κ2) is 8.01. The highest BCUT2D eigenvalue weighted by Crippen LogP contribution is 2.33. The summed E-state index contributed by atoms with van der Waals surface area (Å²) in [5.41, 5.74) is 1.10. The van der Waals surface area contributed by atoms with E-state index >= 15 is 0 Å². The maximum Gasteiger partial charge on any atom is 0.161 e. The number of methoxy groups -OCH3 is 2. The zero-order valence-electron chi connectivity index (χ0n) is 12.7.